The second-order valence-electron chi connectivity index (χ2n) is 27.3. The van der Waals surface area contributed by atoms with Crippen LogP contribution < -0.4 is 68.3 Å². The molecule has 0 aromatic carbocycles. The van der Waals surface area contributed by atoms with Crippen LogP contribution in [0, 0.1) is 0 Å². The molecule has 0 saturated carbocycles. The summed E-state index contributed by atoms with van der Waals surface area (Å²) in [6.07, 6.45) is -6.55. The number of aliphatic hydroxyl groups excluding tert-OH is 2. The van der Waals surface area contributed by atoms with Crippen molar-refractivity contribution in [1.29, 1.82) is 0 Å². The molecule has 2 N–H and O–H groups in total. The Kier molecular flexibility index (Phi) is 38.3. The van der Waals surface area contributed by atoms with Crippen molar-refractivity contribution in [2.75, 3.05) is 164 Å². The van der Waals surface area contributed by atoms with Crippen LogP contribution in [0.3, 0.4) is 0 Å². The van der Waals surface area contributed by atoms with Crippen molar-refractivity contribution >= 4 is 59.9 Å². The van der Waals surface area contributed by atoms with E-state index >= 15 is 0 Å². The van der Waals surface area contributed by atoms with E-state index in [4.69, 9.17) is 52.1 Å². The van der Waals surface area contributed by atoms with Crippen molar-refractivity contribution in [3.05, 3.63) is 126 Å². The van der Waals surface area contributed by atoms with E-state index in [2.05, 4.69) is 14.2 Å². The van der Waals surface area contributed by atoms with Gasteiger partial charge in [0, 0.05) is 81.9 Å². The highest BCUT2D eigenvalue weighted by Gasteiger charge is 2.61. The Morgan fingerprint density at radius 1 is 0.236 bits per heavy atom. The molecule has 58 nitrogen and oxygen atoms in total. The predicted octanol–water partition coefficient (Wildman–Crippen LogP) is -11.0. The van der Waals surface area contributed by atoms with Gasteiger partial charge in [0.25, 0.3) is 0 Å². The summed E-state index contributed by atoms with van der Waals surface area (Å²) in [5.41, 5.74) is -13.7. The number of aromatic nitrogens is 12. The molecule has 0 aliphatic carbocycles. The van der Waals surface area contributed by atoms with E-state index in [-0.39, 0.29) is 60.2 Å². The van der Waals surface area contributed by atoms with Crippen molar-refractivity contribution in [3.63, 3.8) is 0 Å². The summed E-state index contributed by atoms with van der Waals surface area (Å²) in [5.74, 6) is -5.10. The maximum atomic E-state index is 13.5. The molecule has 8 rings (SSSR count). The van der Waals surface area contributed by atoms with Crippen molar-refractivity contribution < 1.29 is 124 Å². The Morgan fingerprint density at radius 3 is 0.598 bits per heavy atom. The number of rotatable bonds is 51. The van der Waals surface area contributed by atoms with Crippen LogP contribution in [0.4, 0.5) is 19.2 Å². The van der Waals surface area contributed by atoms with E-state index in [1.54, 1.807) is 6.92 Å². The number of hydrogen-bond acceptors (Lipinski definition) is 38. The van der Waals surface area contributed by atoms with Gasteiger partial charge < -0.3 is 76.5 Å². The molecule has 4 aromatic rings. The van der Waals surface area contributed by atoms with E-state index in [1.807, 2.05) is 0 Å². The average molecular weight is 1820 g/mol. The van der Waals surface area contributed by atoms with E-state index < -0.39 is 310 Å². The highest BCUT2D eigenvalue weighted by Crippen LogP contribution is 2.36. The van der Waals surface area contributed by atoms with Gasteiger partial charge in [-0.05, 0) is 6.92 Å². The zero-order chi connectivity index (χ0) is 93.8. The van der Waals surface area contributed by atoms with E-state index in [1.165, 1.54) is 81.9 Å². The molecule has 4 fully saturated rings. The zero-order valence-corrected chi connectivity index (χ0v) is 71.2. The molecule has 4 aromatic heterocycles. The average Bonchev–Trinajstić information content (AvgIpc) is 1.57. The Balaban J connectivity index is 0.000000348. The molecular weight excluding hydrogens is 1720 g/mol. The fourth-order valence-electron chi connectivity index (χ4n) is 13.7. The van der Waals surface area contributed by atoms with Crippen molar-refractivity contribution in [3.8, 4) is 0 Å². The smallest absolute Gasteiger partial charge is 0.336 e. The van der Waals surface area contributed by atoms with Gasteiger partial charge >= 0.3 is 128 Å². The number of urea groups is 4. The van der Waals surface area contributed by atoms with Crippen LogP contribution in [0.25, 0.3) is 0 Å². The molecule has 0 bridgehead atoms. The number of nitrogens with zero attached hydrogens (tertiary/aromatic N) is 20. The quantitative estimate of drug-likeness (QED) is 0.0235. The number of hydrogen-bond donors (Lipinski definition) is 2. The van der Waals surface area contributed by atoms with Gasteiger partial charge in [0.15, 0.2) is 24.7 Å². The largest absolute Gasteiger partial charge is 0.469 e. The van der Waals surface area contributed by atoms with Crippen LogP contribution >= 0.6 is 0 Å². The van der Waals surface area contributed by atoms with Crippen molar-refractivity contribution in [2.45, 2.75) is 149 Å². The molecule has 0 radical (unpaired) electrons. The maximum absolute atomic E-state index is 13.5. The molecular formula is C69H102N20O38. The van der Waals surface area contributed by atoms with Gasteiger partial charge in [0.05, 0.1) is 132 Å². The lowest BCUT2D eigenvalue weighted by molar-refractivity contribution is -0.145. The van der Waals surface area contributed by atoms with Gasteiger partial charge in [0.1, 0.15) is 67.1 Å². The normalized spacial score (nSPS) is 15.9. The molecule has 4 aliphatic heterocycles. The van der Waals surface area contributed by atoms with Crippen LogP contribution in [-0.4, -0.2) is 353 Å². The first kappa shape index (κ1) is 101. The van der Waals surface area contributed by atoms with Gasteiger partial charge in [-0.25, -0.2) is 132 Å². The lowest BCUT2D eigenvalue weighted by atomic mass is 10.3. The summed E-state index contributed by atoms with van der Waals surface area (Å²) in [6, 6.07) is -2.15. The SMILES string of the molecule is CCOC(=O)CCn1c(=O)n(CCC(=O)OC)c(=O)n(CCC(=O)OCCn2c(=O)n(CCO)c(=O)n(CCOCN3C(=O)N(COC)C4C3N(COC)C(=O)N4COC)c2=O)c1=O.COCN1C(=O)N(COC)C2C1N(COC)C(=O)N2COCCn1c(=O)n(CCO)c(=O)n(CCOC(=O)CCn2c(=O)n(CCC(=O)OC)c(=O)n(CCC(=O)OC)c2=O)c1=O. The summed E-state index contributed by atoms with van der Waals surface area (Å²) < 4.78 is 78.3. The highest BCUT2D eigenvalue weighted by molar-refractivity contribution is 5.86. The number of ether oxygens (including phenoxy) is 14. The number of aliphatic hydroxyl groups is 2. The molecule has 4 atom stereocenters. The lowest BCUT2D eigenvalue weighted by Gasteiger charge is -2.28. The third kappa shape index (κ3) is 23.4. The topological polar surface area (TPSA) is 630 Å². The van der Waals surface area contributed by atoms with Crippen LogP contribution in [0.15, 0.2) is 57.5 Å². The fourth-order valence-corrected chi connectivity index (χ4v) is 13.7. The van der Waals surface area contributed by atoms with E-state index in [0.717, 1.165) is 21.3 Å². The van der Waals surface area contributed by atoms with Crippen LogP contribution in [0.5, 0.6) is 0 Å². The van der Waals surface area contributed by atoms with Crippen LogP contribution in [0.1, 0.15) is 45.4 Å². The summed E-state index contributed by atoms with van der Waals surface area (Å²) in [6.45, 7) is -10.2. The minimum atomic E-state index is -1.17. The zero-order valence-electron chi connectivity index (χ0n) is 71.2. The molecule has 4 aliphatic rings. The van der Waals surface area contributed by atoms with Crippen LogP contribution in [-0.2, 0) is 174 Å². The highest BCUT2D eigenvalue weighted by atomic mass is 16.6. The molecule has 706 valence electrons. The van der Waals surface area contributed by atoms with Crippen LogP contribution in [0.2, 0.25) is 0 Å². The third-order valence-electron chi connectivity index (χ3n) is 19.6. The molecule has 8 heterocycles. The Morgan fingerprint density at radius 2 is 0.409 bits per heavy atom. The van der Waals surface area contributed by atoms with Gasteiger partial charge in [-0.3, -0.25) is 68.0 Å². The van der Waals surface area contributed by atoms with Crippen molar-refractivity contribution in [2.24, 2.45) is 0 Å². The van der Waals surface area contributed by atoms with Gasteiger partial charge in [-0.2, -0.15) is 0 Å². The number of fused-ring (bicyclic) bond motifs is 2. The number of carbonyl (C=O) groups is 10. The number of amides is 8. The third-order valence-corrected chi connectivity index (χ3v) is 19.6. The summed E-state index contributed by atoms with van der Waals surface area (Å²) >= 11 is 0. The summed E-state index contributed by atoms with van der Waals surface area (Å²) in [7, 11) is 11.5. The van der Waals surface area contributed by atoms with Gasteiger partial charge in [0.2, 0.25) is 0 Å². The van der Waals surface area contributed by atoms with Gasteiger partial charge in [-0.15, -0.1) is 0 Å². The maximum Gasteiger partial charge on any atom is 0.336 e. The predicted molar refractivity (Wildman–Crippen MR) is 418 cm³/mol. The lowest BCUT2D eigenvalue weighted by Crippen LogP contribution is -2.55. The Labute approximate surface area is 714 Å². The first-order chi connectivity index (χ1) is 60.8. The monoisotopic (exact) mass is 1820 g/mol. The van der Waals surface area contributed by atoms with E-state index in [9.17, 15) is 116 Å². The Bertz CT molecular complexity index is 5330. The molecule has 127 heavy (non-hydrogen) atoms. The minimum absolute atomic E-state index is 0.0287. The van der Waals surface area contributed by atoms with Gasteiger partial charge in [-0.1, -0.05) is 0 Å². The second-order valence-corrected chi connectivity index (χ2v) is 27.3. The fraction of sp³-hybridized carbons (Fsp3) is 0.681. The first-order valence-electron chi connectivity index (χ1n) is 38.8. The molecule has 4 saturated heterocycles. The first-order valence-corrected chi connectivity index (χ1v) is 38.8. The second kappa shape index (κ2) is 48.0. The number of methoxy groups -OCH3 is 9. The molecule has 4 unspecified atom stereocenters. The van der Waals surface area contributed by atoms with E-state index in [0.29, 0.717) is 54.8 Å². The summed E-state index contributed by atoms with van der Waals surface area (Å²) in [5, 5.41) is 19.2. The summed E-state index contributed by atoms with van der Waals surface area (Å²) in [4.78, 5) is 295. The molecule has 0 spiro atoms. The Hall–Kier alpha value is -12.9. The number of esters is 6. The minimum Gasteiger partial charge on any atom is -0.469 e. The standard InChI is InChI=1S/C35H52N10O19.C34H50N10O19/c1-6-63-24(48)8-11-37-28(50)36(10-7-23(47)61-5)29(51)38(30(37)52)12-9-25(49)64-18-15-41-32(54)39(13-16-46)31(53)40(33(41)55)14-17-62-22-45-27-26(43(20-59-3)35(45)57)42(19-58-2)34(56)44(27)21-60-4;1-57-18-41-25-26(43(20-59-3)33(41)55)44(34(56)42(25)19-58-2)21-62-16-13-39-30(52)38(12-15-45)31(53)40(32(39)54)14-17-63-24(48)8-11-37-28(50)35(9-6-22(46)60-4)27(49)36(29(37)51)10-7-23(47)61-5/h26-27,46H,6-22H2,1-5H3;25-26,45H,6-21H2,1-5H3. The molecule has 8 amide bonds. The number of carbonyl (C=O) groups excluding carboxylic acids is 10. The molecule has 58 heteroatoms. The van der Waals surface area contributed by atoms with Crippen molar-refractivity contribution in [1.82, 2.24) is 94.0 Å².